The average Bonchev–Trinajstić information content (AvgIpc) is 3.10. The van der Waals surface area contributed by atoms with Gasteiger partial charge in [0.15, 0.2) is 0 Å². The molecule has 1 unspecified atom stereocenters. The zero-order valence-electron chi connectivity index (χ0n) is 13.8. The van der Waals surface area contributed by atoms with E-state index in [4.69, 9.17) is 4.42 Å². The van der Waals surface area contributed by atoms with Gasteiger partial charge >= 0.3 is 12.0 Å². The molecule has 0 spiro atoms. The van der Waals surface area contributed by atoms with Crippen molar-refractivity contribution in [3.05, 3.63) is 30.1 Å². The molecule has 2 aliphatic heterocycles. The molecule has 2 aromatic rings. The van der Waals surface area contributed by atoms with E-state index in [0.29, 0.717) is 18.2 Å². The number of rotatable bonds is 2. The lowest BCUT2D eigenvalue weighted by Crippen LogP contribution is -2.56. The van der Waals surface area contributed by atoms with E-state index in [1.54, 1.807) is 17.0 Å². The van der Waals surface area contributed by atoms with Gasteiger partial charge in [-0.25, -0.2) is 9.18 Å². The van der Waals surface area contributed by atoms with Gasteiger partial charge in [0.1, 0.15) is 5.82 Å². The lowest BCUT2D eigenvalue weighted by Gasteiger charge is -2.43. The molecule has 0 aliphatic carbocycles. The summed E-state index contributed by atoms with van der Waals surface area (Å²) >= 11 is 0. The molecule has 8 heteroatoms. The van der Waals surface area contributed by atoms with E-state index in [2.05, 4.69) is 20.4 Å². The van der Waals surface area contributed by atoms with E-state index in [-0.39, 0.29) is 23.8 Å². The fourth-order valence-corrected chi connectivity index (χ4v) is 3.49. The molecule has 0 bridgehead atoms. The van der Waals surface area contributed by atoms with Crippen LogP contribution in [-0.4, -0.2) is 58.2 Å². The quantitative estimate of drug-likeness (QED) is 0.905. The van der Waals surface area contributed by atoms with Gasteiger partial charge in [0.2, 0.25) is 5.89 Å². The third kappa shape index (κ3) is 3.48. The Balaban J connectivity index is 1.39. The predicted molar refractivity (Wildman–Crippen MR) is 89.5 cm³/mol. The van der Waals surface area contributed by atoms with Crippen LogP contribution in [0.15, 0.2) is 28.7 Å². The number of fused-ring (bicyclic) bond motifs is 1. The number of amides is 2. The van der Waals surface area contributed by atoms with Crippen LogP contribution in [0.25, 0.3) is 11.5 Å². The highest BCUT2D eigenvalue weighted by Gasteiger charge is 2.31. The van der Waals surface area contributed by atoms with Crippen LogP contribution >= 0.6 is 0 Å². The summed E-state index contributed by atoms with van der Waals surface area (Å²) in [5.41, 5.74) is 0.602. The van der Waals surface area contributed by atoms with E-state index in [9.17, 15) is 9.18 Å². The summed E-state index contributed by atoms with van der Waals surface area (Å²) in [7, 11) is 0. The second-order valence-corrected chi connectivity index (χ2v) is 6.48. The number of anilines is 1. The molecule has 2 fully saturated rings. The van der Waals surface area contributed by atoms with Crippen LogP contribution in [0.3, 0.4) is 0 Å². The summed E-state index contributed by atoms with van der Waals surface area (Å²) in [5, 5.41) is 10.4. The van der Waals surface area contributed by atoms with Crippen molar-refractivity contribution in [2.45, 2.75) is 25.3 Å². The van der Waals surface area contributed by atoms with Crippen LogP contribution in [0, 0.1) is 5.82 Å². The lowest BCUT2D eigenvalue weighted by atomic mass is 10.00. The number of nitrogens with one attached hydrogen (secondary N) is 1. The smallest absolute Gasteiger partial charge is 0.325 e. The second kappa shape index (κ2) is 6.79. The van der Waals surface area contributed by atoms with Crippen molar-refractivity contribution in [1.29, 1.82) is 0 Å². The third-order valence-corrected chi connectivity index (χ3v) is 4.85. The maximum absolute atomic E-state index is 13.0. The summed E-state index contributed by atoms with van der Waals surface area (Å²) in [6, 6.07) is 6.02. The van der Waals surface area contributed by atoms with Crippen molar-refractivity contribution >= 4 is 12.0 Å². The SMILES string of the molecule is O=C(Nc1nnc(-c2ccc(F)cc2)o1)N1CCN2CCCCC2C1. The van der Waals surface area contributed by atoms with E-state index in [1.807, 2.05) is 0 Å². The van der Waals surface area contributed by atoms with Crippen LogP contribution in [0.5, 0.6) is 0 Å². The number of urea groups is 1. The first-order valence-corrected chi connectivity index (χ1v) is 8.58. The van der Waals surface area contributed by atoms with Crippen LogP contribution in [-0.2, 0) is 0 Å². The Kier molecular flexibility index (Phi) is 4.35. The monoisotopic (exact) mass is 345 g/mol. The number of piperazine rings is 1. The van der Waals surface area contributed by atoms with Gasteiger partial charge in [0.05, 0.1) is 0 Å². The van der Waals surface area contributed by atoms with Crippen molar-refractivity contribution in [2.75, 3.05) is 31.5 Å². The number of hydrogen-bond acceptors (Lipinski definition) is 5. The highest BCUT2D eigenvalue weighted by atomic mass is 19.1. The highest BCUT2D eigenvalue weighted by Crippen LogP contribution is 2.23. The average molecular weight is 345 g/mol. The Morgan fingerprint density at radius 3 is 2.84 bits per heavy atom. The number of hydrogen-bond donors (Lipinski definition) is 1. The van der Waals surface area contributed by atoms with E-state index in [0.717, 1.165) is 26.1 Å². The largest absolute Gasteiger partial charge is 0.403 e. The van der Waals surface area contributed by atoms with Crippen LogP contribution in [0.2, 0.25) is 0 Å². The van der Waals surface area contributed by atoms with Crippen molar-refractivity contribution in [1.82, 2.24) is 20.0 Å². The minimum Gasteiger partial charge on any atom is -0.403 e. The zero-order valence-corrected chi connectivity index (χ0v) is 13.8. The number of piperidine rings is 1. The van der Waals surface area contributed by atoms with Crippen molar-refractivity contribution < 1.29 is 13.6 Å². The minimum atomic E-state index is -0.335. The van der Waals surface area contributed by atoms with Gasteiger partial charge in [0, 0.05) is 31.2 Å². The normalized spacial score (nSPS) is 21.0. The molecular weight excluding hydrogens is 325 g/mol. The van der Waals surface area contributed by atoms with E-state index < -0.39 is 0 Å². The molecule has 7 nitrogen and oxygen atoms in total. The fourth-order valence-electron chi connectivity index (χ4n) is 3.49. The first kappa shape index (κ1) is 16.0. The number of benzene rings is 1. The summed E-state index contributed by atoms with van der Waals surface area (Å²) < 4.78 is 18.4. The molecule has 4 rings (SSSR count). The van der Waals surface area contributed by atoms with Gasteiger partial charge in [-0.15, -0.1) is 5.10 Å². The standard InChI is InChI=1S/C17H20FN5O2/c18-13-6-4-12(5-7-13)15-20-21-16(25-15)19-17(24)23-10-9-22-8-2-1-3-14(22)11-23/h4-7,14H,1-3,8-11H2,(H,19,21,24). The maximum atomic E-state index is 13.0. The molecule has 0 radical (unpaired) electrons. The van der Waals surface area contributed by atoms with Gasteiger partial charge < -0.3 is 9.32 Å². The molecule has 1 N–H and O–H groups in total. The second-order valence-electron chi connectivity index (χ2n) is 6.48. The summed E-state index contributed by atoms with van der Waals surface area (Å²) in [6.07, 6.45) is 3.61. The van der Waals surface area contributed by atoms with Gasteiger partial charge in [-0.1, -0.05) is 11.5 Å². The first-order valence-electron chi connectivity index (χ1n) is 8.58. The Hall–Kier alpha value is -2.48. The van der Waals surface area contributed by atoms with Gasteiger partial charge in [-0.2, -0.15) is 0 Å². The Labute approximate surface area is 144 Å². The third-order valence-electron chi connectivity index (χ3n) is 4.85. The Morgan fingerprint density at radius 1 is 1.16 bits per heavy atom. The number of aromatic nitrogens is 2. The summed E-state index contributed by atoms with van der Waals surface area (Å²) in [5.74, 6) is -0.0916. The number of nitrogens with zero attached hydrogens (tertiary/aromatic N) is 4. The molecule has 1 aromatic heterocycles. The molecule has 2 saturated heterocycles. The fraction of sp³-hybridized carbons (Fsp3) is 0.471. The topological polar surface area (TPSA) is 74.5 Å². The first-order chi connectivity index (χ1) is 12.2. The molecular formula is C17H20FN5O2. The molecule has 2 amide bonds. The van der Waals surface area contributed by atoms with Crippen molar-refractivity contribution in [3.8, 4) is 11.5 Å². The Bertz CT molecular complexity index is 748. The van der Waals surface area contributed by atoms with Crippen molar-refractivity contribution in [2.24, 2.45) is 0 Å². The van der Waals surface area contributed by atoms with Gasteiger partial charge in [-0.05, 0) is 43.7 Å². The van der Waals surface area contributed by atoms with E-state index in [1.165, 1.54) is 25.0 Å². The maximum Gasteiger partial charge on any atom is 0.325 e. The number of carbonyl (C=O) groups excluding carboxylic acids is 1. The molecule has 3 heterocycles. The number of carbonyl (C=O) groups is 1. The number of halogens is 1. The predicted octanol–water partition coefficient (Wildman–Crippen LogP) is 2.58. The minimum absolute atomic E-state index is 0.0513. The van der Waals surface area contributed by atoms with Crippen LogP contribution < -0.4 is 5.32 Å². The molecule has 132 valence electrons. The molecule has 2 aliphatic rings. The van der Waals surface area contributed by atoms with E-state index >= 15 is 0 Å². The van der Waals surface area contributed by atoms with Crippen LogP contribution in [0.1, 0.15) is 19.3 Å². The van der Waals surface area contributed by atoms with Crippen molar-refractivity contribution in [3.63, 3.8) is 0 Å². The Morgan fingerprint density at radius 2 is 2.00 bits per heavy atom. The molecule has 1 aromatic carbocycles. The zero-order chi connectivity index (χ0) is 17.2. The molecule has 0 saturated carbocycles. The summed E-state index contributed by atoms with van der Waals surface area (Å²) in [6.45, 7) is 3.46. The van der Waals surface area contributed by atoms with Gasteiger partial charge in [0.25, 0.3) is 0 Å². The van der Waals surface area contributed by atoms with Crippen LogP contribution in [0.4, 0.5) is 15.2 Å². The lowest BCUT2D eigenvalue weighted by molar-refractivity contribution is 0.0677. The molecule has 1 atom stereocenters. The van der Waals surface area contributed by atoms with Gasteiger partial charge in [-0.3, -0.25) is 10.2 Å². The summed E-state index contributed by atoms with van der Waals surface area (Å²) in [4.78, 5) is 16.7. The highest BCUT2D eigenvalue weighted by molar-refractivity contribution is 5.87. The molecule has 25 heavy (non-hydrogen) atoms.